The van der Waals surface area contributed by atoms with Gasteiger partial charge in [0.2, 0.25) is 11.8 Å². The Labute approximate surface area is 143 Å². The fourth-order valence-corrected chi connectivity index (χ4v) is 4.27. The molecule has 1 aromatic carbocycles. The Kier molecular flexibility index (Phi) is 3.86. The third-order valence-corrected chi connectivity index (χ3v) is 6.09. The van der Waals surface area contributed by atoms with Crippen LogP contribution < -0.4 is 0 Å². The smallest absolute Gasteiger partial charge is 0.228 e. The lowest BCUT2D eigenvalue weighted by Crippen LogP contribution is -2.43. The Morgan fingerprint density at radius 2 is 1.96 bits per heavy atom. The molecule has 2 saturated heterocycles. The predicted molar refractivity (Wildman–Crippen MR) is 92.0 cm³/mol. The molecule has 0 spiro atoms. The number of carbonyl (C=O) groups excluding carboxylic acids is 2. The number of benzene rings is 1. The lowest BCUT2D eigenvalue weighted by Gasteiger charge is -2.30. The lowest BCUT2D eigenvalue weighted by molar-refractivity contribution is -0.137. The first-order valence-electron chi connectivity index (χ1n) is 9.20. The summed E-state index contributed by atoms with van der Waals surface area (Å²) < 4.78 is 0. The average molecular weight is 326 g/mol. The van der Waals surface area contributed by atoms with Gasteiger partial charge in [0.05, 0.1) is 6.04 Å². The molecule has 2 atom stereocenters. The minimum Gasteiger partial charge on any atom is -0.340 e. The first kappa shape index (κ1) is 15.7. The van der Waals surface area contributed by atoms with Crippen molar-refractivity contribution in [2.75, 3.05) is 13.1 Å². The van der Waals surface area contributed by atoms with E-state index in [-0.39, 0.29) is 17.4 Å². The molecule has 4 nitrogen and oxygen atoms in total. The summed E-state index contributed by atoms with van der Waals surface area (Å²) in [6, 6.07) is 10.4. The Morgan fingerprint density at radius 3 is 2.67 bits per heavy atom. The normalized spacial score (nSPS) is 28.5. The van der Waals surface area contributed by atoms with Crippen molar-refractivity contribution in [3.63, 3.8) is 0 Å². The van der Waals surface area contributed by atoms with Crippen LogP contribution in [0.15, 0.2) is 30.3 Å². The number of amides is 2. The van der Waals surface area contributed by atoms with Crippen molar-refractivity contribution in [2.45, 2.75) is 51.6 Å². The molecule has 0 radical (unpaired) electrons. The molecule has 0 unspecified atom stereocenters. The fourth-order valence-electron chi connectivity index (χ4n) is 4.27. The minimum absolute atomic E-state index is 0.113. The highest BCUT2D eigenvalue weighted by atomic mass is 16.2. The monoisotopic (exact) mass is 326 g/mol. The minimum atomic E-state index is -0.113. The van der Waals surface area contributed by atoms with Gasteiger partial charge in [0.15, 0.2) is 0 Å². The van der Waals surface area contributed by atoms with Crippen molar-refractivity contribution in [3.8, 4) is 0 Å². The van der Waals surface area contributed by atoms with Gasteiger partial charge >= 0.3 is 0 Å². The molecule has 0 bridgehead atoms. The van der Waals surface area contributed by atoms with Crippen LogP contribution in [0.25, 0.3) is 0 Å². The van der Waals surface area contributed by atoms with Crippen molar-refractivity contribution in [2.24, 2.45) is 11.3 Å². The van der Waals surface area contributed by atoms with E-state index < -0.39 is 0 Å². The maximum absolute atomic E-state index is 12.7. The van der Waals surface area contributed by atoms with Crippen LogP contribution in [0.2, 0.25) is 0 Å². The zero-order valence-electron chi connectivity index (χ0n) is 14.4. The molecule has 4 rings (SSSR count). The van der Waals surface area contributed by atoms with E-state index in [0.29, 0.717) is 24.8 Å². The first-order chi connectivity index (χ1) is 11.6. The molecule has 3 fully saturated rings. The molecule has 0 N–H and O–H groups in total. The maximum Gasteiger partial charge on any atom is 0.228 e. The first-order valence-corrected chi connectivity index (χ1v) is 9.20. The maximum atomic E-state index is 12.7. The van der Waals surface area contributed by atoms with Gasteiger partial charge in [-0.05, 0) is 37.2 Å². The molecular formula is C20H26N2O2. The number of fused-ring (bicyclic) bond motifs is 1. The highest BCUT2D eigenvalue weighted by Gasteiger charge is 2.50. The van der Waals surface area contributed by atoms with E-state index in [1.807, 2.05) is 23.1 Å². The SMILES string of the molecule is CC1(C(=O)N2C[C@H]3CCCC(=O)N(Cc4ccccc4)[C@H]3C2)CC1. The van der Waals surface area contributed by atoms with Gasteiger partial charge < -0.3 is 9.80 Å². The molecular weight excluding hydrogens is 300 g/mol. The highest BCUT2D eigenvalue weighted by molar-refractivity contribution is 5.85. The molecule has 3 aliphatic rings. The van der Waals surface area contributed by atoms with Crippen LogP contribution in [0, 0.1) is 11.3 Å². The molecule has 2 aliphatic heterocycles. The standard InChI is InChI=1S/C20H26N2O2/c1-20(10-11-20)19(24)21-13-16-8-5-9-18(23)22(17(16)14-21)12-15-6-3-2-4-7-15/h2-4,6-7,16-17H,5,8-14H2,1H3/t16-,17+/m1/s1. The van der Waals surface area contributed by atoms with E-state index >= 15 is 0 Å². The summed E-state index contributed by atoms with van der Waals surface area (Å²) in [6.45, 7) is 4.30. The molecule has 2 amide bonds. The van der Waals surface area contributed by atoms with E-state index in [1.54, 1.807) is 0 Å². The van der Waals surface area contributed by atoms with Crippen molar-refractivity contribution < 1.29 is 9.59 Å². The third kappa shape index (κ3) is 2.83. The van der Waals surface area contributed by atoms with E-state index in [4.69, 9.17) is 0 Å². The van der Waals surface area contributed by atoms with Crippen LogP contribution in [0.3, 0.4) is 0 Å². The summed E-state index contributed by atoms with van der Waals surface area (Å²) in [5.41, 5.74) is 1.06. The second kappa shape index (κ2) is 5.91. The largest absolute Gasteiger partial charge is 0.340 e. The second-order valence-corrected chi connectivity index (χ2v) is 8.00. The topological polar surface area (TPSA) is 40.6 Å². The van der Waals surface area contributed by atoms with Crippen LogP contribution in [0.5, 0.6) is 0 Å². The summed E-state index contributed by atoms with van der Waals surface area (Å²) >= 11 is 0. The van der Waals surface area contributed by atoms with Crippen LogP contribution >= 0.6 is 0 Å². The van der Waals surface area contributed by atoms with Gasteiger partial charge in [0, 0.05) is 31.5 Å². The third-order valence-electron chi connectivity index (χ3n) is 6.09. The molecule has 0 aromatic heterocycles. The zero-order chi connectivity index (χ0) is 16.7. The number of hydrogen-bond acceptors (Lipinski definition) is 2. The predicted octanol–water partition coefficient (Wildman–Crippen LogP) is 2.83. The number of carbonyl (C=O) groups is 2. The summed E-state index contributed by atoms with van der Waals surface area (Å²) in [5.74, 6) is 0.993. The van der Waals surface area contributed by atoms with E-state index in [2.05, 4.69) is 24.0 Å². The Balaban J connectivity index is 1.54. The van der Waals surface area contributed by atoms with Crippen LogP contribution in [0.4, 0.5) is 0 Å². The van der Waals surface area contributed by atoms with Crippen molar-refractivity contribution >= 4 is 11.8 Å². The van der Waals surface area contributed by atoms with Crippen molar-refractivity contribution in [1.82, 2.24) is 9.80 Å². The Bertz CT molecular complexity index is 638. The molecule has 2 heterocycles. The van der Waals surface area contributed by atoms with Gasteiger partial charge in [-0.25, -0.2) is 0 Å². The number of hydrogen-bond donors (Lipinski definition) is 0. The van der Waals surface area contributed by atoms with Gasteiger partial charge in [-0.1, -0.05) is 37.3 Å². The van der Waals surface area contributed by atoms with Crippen LogP contribution in [-0.2, 0) is 16.1 Å². The number of likely N-dealkylation sites (tertiary alicyclic amines) is 2. The quantitative estimate of drug-likeness (QED) is 0.857. The molecule has 4 heteroatoms. The van der Waals surface area contributed by atoms with Crippen molar-refractivity contribution in [3.05, 3.63) is 35.9 Å². The van der Waals surface area contributed by atoms with Gasteiger partial charge in [-0.2, -0.15) is 0 Å². The second-order valence-electron chi connectivity index (χ2n) is 8.00. The van der Waals surface area contributed by atoms with Gasteiger partial charge in [-0.3, -0.25) is 9.59 Å². The molecule has 128 valence electrons. The van der Waals surface area contributed by atoms with E-state index in [9.17, 15) is 9.59 Å². The Hall–Kier alpha value is -1.84. The van der Waals surface area contributed by atoms with Gasteiger partial charge in [-0.15, -0.1) is 0 Å². The van der Waals surface area contributed by atoms with Crippen LogP contribution in [0.1, 0.15) is 44.6 Å². The van der Waals surface area contributed by atoms with E-state index in [0.717, 1.165) is 38.8 Å². The summed E-state index contributed by atoms with van der Waals surface area (Å²) in [6.07, 6.45) is 4.69. The fraction of sp³-hybridized carbons (Fsp3) is 0.600. The molecule has 24 heavy (non-hydrogen) atoms. The summed E-state index contributed by atoms with van der Waals surface area (Å²) in [4.78, 5) is 29.5. The van der Waals surface area contributed by atoms with Crippen LogP contribution in [-0.4, -0.2) is 40.7 Å². The molecule has 1 aliphatic carbocycles. The number of nitrogens with zero attached hydrogens (tertiary/aromatic N) is 2. The Morgan fingerprint density at radius 1 is 1.21 bits per heavy atom. The number of rotatable bonds is 3. The van der Waals surface area contributed by atoms with Gasteiger partial charge in [0.25, 0.3) is 0 Å². The highest BCUT2D eigenvalue weighted by Crippen LogP contribution is 2.47. The van der Waals surface area contributed by atoms with E-state index in [1.165, 1.54) is 5.56 Å². The van der Waals surface area contributed by atoms with Gasteiger partial charge in [0.1, 0.15) is 0 Å². The molecule has 1 saturated carbocycles. The van der Waals surface area contributed by atoms with Crippen molar-refractivity contribution in [1.29, 1.82) is 0 Å². The average Bonchev–Trinajstić information content (AvgIpc) is 3.24. The molecule has 1 aromatic rings. The summed E-state index contributed by atoms with van der Waals surface area (Å²) in [5, 5.41) is 0. The zero-order valence-corrected chi connectivity index (χ0v) is 14.4. The lowest BCUT2D eigenvalue weighted by atomic mass is 9.98. The summed E-state index contributed by atoms with van der Waals surface area (Å²) in [7, 11) is 0.